The van der Waals surface area contributed by atoms with Gasteiger partial charge in [0.25, 0.3) is 0 Å². The molecule has 1 N–H and O–H groups in total. The fraction of sp³-hybridized carbons (Fsp3) is 0.667. The summed E-state index contributed by atoms with van der Waals surface area (Å²) in [6.45, 7) is 4.47. The molecule has 0 bridgehead atoms. The Bertz CT molecular complexity index is 527. The largest absolute Gasteiger partial charge is 0.461 e. The summed E-state index contributed by atoms with van der Waals surface area (Å²) in [6, 6.07) is 0. The van der Waals surface area contributed by atoms with Gasteiger partial charge in [0.1, 0.15) is 5.82 Å². The Morgan fingerprint density at radius 1 is 1.48 bits per heavy atom. The maximum Gasteiger partial charge on any atom is 0.357 e. The molecule has 6 heteroatoms. The molecule has 2 aliphatic rings. The van der Waals surface area contributed by atoms with Crippen molar-refractivity contribution in [3.05, 3.63) is 22.8 Å². The van der Waals surface area contributed by atoms with E-state index < -0.39 is 0 Å². The van der Waals surface area contributed by atoms with E-state index in [0.29, 0.717) is 31.1 Å². The van der Waals surface area contributed by atoms with Crippen LogP contribution < -0.4 is 5.32 Å². The Labute approximate surface area is 124 Å². The van der Waals surface area contributed by atoms with Gasteiger partial charge in [0.2, 0.25) is 0 Å². The van der Waals surface area contributed by atoms with E-state index in [-0.39, 0.29) is 12.1 Å². The van der Waals surface area contributed by atoms with Crippen LogP contribution in [0.1, 0.15) is 47.3 Å². The predicted octanol–water partition coefficient (Wildman–Crippen LogP) is 1.02. The van der Waals surface area contributed by atoms with Gasteiger partial charge in [0.05, 0.1) is 18.4 Å². The highest BCUT2D eigenvalue weighted by molar-refractivity contribution is 5.89. The number of carbonyl (C=O) groups excluding carboxylic acids is 1. The van der Waals surface area contributed by atoms with E-state index in [2.05, 4.69) is 15.3 Å². The Hall–Kier alpha value is -1.53. The van der Waals surface area contributed by atoms with E-state index >= 15 is 0 Å². The van der Waals surface area contributed by atoms with E-state index in [4.69, 9.17) is 9.47 Å². The zero-order valence-corrected chi connectivity index (χ0v) is 12.4. The SMILES string of the molecule is CCOC(=O)c1nc(CC2CCCO2)nc2c1CNCC2. The first-order valence-electron chi connectivity index (χ1n) is 7.66. The molecule has 21 heavy (non-hydrogen) atoms. The Morgan fingerprint density at radius 2 is 2.38 bits per heavy atom. The van der Waals surface area contributed by atoms with Crippen molar-refractivity contribution < 1.29 is 14.3 Å². The second kappa shape index (κ2) is 6.49. The Morgan fingerprint density at radius 3 is 3.14 bits per heavy atom. The van der Waals surface area contributed by atoms with Gasteiger partial charge in [-0.3, -0.25) is 0 Å². The molecular weight excluding hydrogens is 270 g/mol. The first-order valence-corrected chi connectivity index (χ1v) is 7.66. The van der Waals surface area contributed by atoms with Crippen LogP contribution in [0.25, 0.3) is 0 Å². The van der Waals surface area contributed by atoms with E-state index in [1.165, 1.54) is 0 Å². The number of fused-ring (bicyclic) bond motifs is 1. The third-order valence-electron chi connectivity index (χ3n) is 3.88. The molecule has 3 heterocycles. The number of hydrogen-bond donors (Lipinski definition) is 1. The van der Waals surface area contributed by atoms with E-state index in [1.54, 1.807) is 6.92 Å². The number of nitrogens with one attached hydrogen (secondary N) is 1. The second-order valence-corrected chi connectivity index (χ2v) is 5.40. The molecule has 6 nitrogen and oxygen atoms in total. The van der Waals surface area contributed by atoms with Crippen LogP contribution >= 0.6 is 0 Å². The monoisotopic (exact) mass is 291 g/mol. The highest BCUT2D eigenvalue weighted by Gasteiger charge is 2.25. The summed E-state index contributed by atoms with van der Waals surface area (Å²) in [4.78, 5) is 21.2. The van der Waals surface area contributed by atoms with Gasteiger partial charge in [-0.25, -0.2) is 14.8 Å². The van der Waals surface area contributed by atoms with Crippen LogP contribution in [0.15, 0.2) is 0 Å². The molecule has 0 radical (unpaired) electrons. The van der Waals surface area contributed by atoms with Crippen LogP contribution in [-0.2, 0) is 28.9 Å². The fourth-order valence-electron chi connectivity index (χ4n) is 2.86. The maximum absolute atomic E-state index is 12.1. The molecule has 1 unspecified atom stereocenters. The normalized spacial score (nSPS) is 21.1. The van der Waals surface area contributed by atoms with Crippen molar-refractivity contribution in [2.75, 3.05) is 19.8 Å². The first kappa shape index (κ1) is 14.4. The third-order valence-corrected chi connectivity index (χ3v) is 3.88. The predicted molar refractivity (Wildman–Crippen MR) is 76.1 cm³/mol. The first-order chi connectivity index (χ1) is 10.3. The molecule has 0 spiro atoms. The summed E-state index contributed by atoms with van der Waals surface area (Å²) in [5, 5.41) is 3.26. The van der Waals surface area contributed by atoms with Gasteiger partial charge < -0.3 is 14.8 Å². The van der Waals surface area contributed by atoms with Gasteiger partial charge in [-0.1, -0.05) is 0 Å². The van der Waals surface area contributed by atoms with Gasteiger partial charge in [0.15, 0.2) is 5.69 Å². The summed E-state index contributed by atoms with van der Waals surface area (Å²) in [5.41, 5.74) is 2.28. The van der Waals surface area contributed by atoms with Crippen LogP contribution in [0.2, 0.25) is 0 Å². The van der Waals surface area contributed by atoms with E-state index in [9.17, 15) is 4.79 Å². The summed E-state index contributed by atoms with van der Waals surface area (Å²) in [7, 11) is 0. The maximum atomic E-state index is 12.1. The number of ether oxygens (including phenoxy) is 2. The summed E-state index contributed by atoms with van der Waals surface area (Å²) in [5.74, 6) is 0.346. The lowest BCUT2D eigenvalue weighted by Crippen LogP contribution is -2.29. The smallest absolute Gasteiger partial charge is 0.357 e. The average molecular weight is 291 g/mol. The van der Waals surface area contributed by atoms with E-state index in [1.807, 2.05) is 0 Å². The lowest BCUT2D eigenvalue weighted by molar-refractivity contribution is 0.0515. The second-order valence-electron chi connectivity index (χ2n) is 5.40. The number of rotatable bonds is 4. The molecule has 0 amide bonds. The van der Waals surface area contributed by atoms with Crippen LogP contribution in [-0.4, -0.2) is 41.8 Å². The quantitative estimate of drug-likeness (QED) is 0.835. The minimum Gasteiger partial charge on any atom is -0.461 e. The molecule has 1 atom stereocenters. The summed E-state index contributed by atoms with van der Waals surface area (Å²) in [6.07, 6.45) is 3.80. The highest BCUT2D eigenvalue weighted by atomic mass is 16.5. The number of carbonyl (C=O) groups is 1. The van der Waals surface area contributed by atoms with Crippen molar-refractivity contribution in [3.63, 3.8) is 0 Å². The zero-order valence-electron chi connectivity index (χ0n) is 12.4. The molecule has 1 aromatic heterocycles. The lowest BCUT2D eigenvalue weighted by Gasteiger charge is -2.20. The molecule has 2 aliphatic heterocycles. The Kier molecular flexibility index (Phi) is 4.45. The van der Waals surface area contributed by atoms with Crippen molar-refractivity contribution in [1.82, 2.24) is 15.3 Å². The molecule has 114 valence electrons. The van der Waals surface area contributed by atoms with Crippen molar-refractivity contribution >= 4 is 5.97 Å². The van der Waals surface area contributed by atoms with Crippen LogP contribution in [0.3, 0.4) is 0 Å². The van der Waals surface area contributed by atoms with Gasteiger partial charge in [-0.2, -0.15) is 0 Å². The van der Waals surface area contributed by atoms with Crippen LogP contribution in [0.4, 0.5) is 0 Å². The molecule has 0 aromatic carbocycles. The van der Waals surface area contributed by atoms with Crippen molar-refractivity contribution in [2.45, 2.75) is 45.3 Å². The van der Waals surface area contributed by atoms with Crippen molar-refractivity contribution in [3.8, 4) is 0 Å². The number of nitrogens with zero attached hydrogens (tertiary/aromatic N) is 2. The van der Waals surface area contributed by atoms with Crippen molar-refractivity contribution in [1.29, 1.82) is 0 Å². The average Bonchev–Trinajstić information content (AvgIpc) is 2.99. The number of esters is 1. The third kappa shape index (κ3) is 3.22. The summed E-state index contributed by atoms with van der Waals surface area (Å²) >= 11 is 0. The summed E-state index contributed by atoms with van der Waals surface area (Å²) < 4.78 is 10.8. The van der Waals surface area contributed by atoms with Crippen LogP contribution in [0, 0.1) is 0 Å². The Balaban J connectivity index is 1.90. The molecule has 1 fully saturated rings. The lowest BCUT2D eigenvalue weighted by atomic mass is 10.0. The molecule has 3 rings (SSSR count). The van der Waals surface area contributed by atoms with Gasteiger partial charge in [-0.15, -0.1) is 0 Å². The van der Waals surface area contributed by atoms with E-state index in [0.717, 1.165) is 43.7 Å². The minimum absolute atomic E-state index is 0.180. The van der Waals surface area contributed by atoms with Crippen LogP contribution in [0.5, 0.6) is 0 Å². The molecule has 1 aromatic rings. The molecule has 0 aliphatic carbocycles. The molecular formula is C15H21N3O3. The molecule has 0 saturated carbocycles. The zero-order chi connectivity index (χ0) is 14.7. The topological polar surface area (TPSA) is 73.3 Å². The fourth-order valence-corrected chi connectivity index (χ4v) is 2.86. The highest BCUT2D eigenvalue weighted by Crippen LogP contribution is 2.20. The van der Waals surface area contributed by atoms with Gasteiger partial charge in [0, 0.05) is 38.1 Å². The van der Waals surface area contributed by atoms with Gasteiger partial charge in [-0.05, 0) is 19.8 Å². The number of hydrogen-bond acceptors (Lipinski definition) is 6. The number of aromatic nitrogens is 2. The van der Waals surface area contributed by atoms with Gasteiger partial charge >= 0.3 is 5.97 Å². The standard InChI is InChI=1S/C15H21N3O3/c1-2-20-15(19)14-11-9-16-6-5-12(11)17-13(18-14)8-10-4-3-7-21-10/h10,16H,2-9H2,1H3. The minimum atomic E-state index is -0.353. The molecule has 1 saturated heterocycles. The van der Waals surface area contributed by atoms with Crippen molar-refractivity contribution in [2.24, 2.45) is 0 Å².